The minimum atomic E-state index is 0.533. The third-order valence-electron chi connectivity index (χ3n) is 4.04. The number of nitrogen functional groups attached to an aromatic ring is 1. The van der Waals surface area contributed by atoms with E-state index in [9.17, 15) is 0 Å². The number of nitrogens with two attached hydrogens (primary N) is 1. The lowest BCUT2D eigenvalue weighted by molar-refractivity contribution is 0.0986. The molecule has 1 fully saturated rings. The van der Waals surface area contributed by atoms with Gasteiger partial charge in [-0.25, -0.2) is 0 Å². The minimum absolute atomic E-state index is 0.533. The van der Waals surface area contributed by atoms with E-state index < -0.39 is 0 Å². The Balaban J connectivity index is 1.46. The van der Waals surface area contributed by atoms with Crippen molar-refractivity contribution in [2.45, 2.75) is 44.9 Å². The van der Waals surface area contributed by atoms with Crippen LogP contribution in [0.2, 0.25) is 0 Å². The van der Waals surface area contributed by atoms with Crippen molar-refractivity contribution in [3.63, 3.8) is 0 Å². The number of anilines is 1. The average Bonchev–Trinajstić information content (AvgIpc) is 2.97. The van der Waals surface area contributed by atoms with Crippen LogP contribution >= 0.6 is 0 Å². The van der Waals surface area contributed by atoms with Gasteiger partial charge in [-0.2, -0.15) is 0 Å². The Kier molecular flexibility index (Phi) is 3.52. The maximum atomic E-state index is 5.82. The summed E-state index contributed by atoms with van der Waals surface area (Å²) in [5.74, 6) is 0. The van der Waals surface area contributed by atoms with Crippen LogP contribution in [0.25, 0.3) is 0 Å². The number of rotatable bonds is 4. The molecule has 2 heterocycles. The fourth-order valence-electron chi connectivity index (χ4n) is 3.06. The van der Waals surface area contributed by atoms with E-state index in [4.69, 9.17) is 10.5 Å². The fourth-order valence-corrected chi connectivity index (χ4v) is 3.06. The zero-order chi connectivity index (χ0) is 12.4. The molecule has 0 bridgehead atoms. The topological polar surface area (TPSA) is 38.5 Å². The zero-order valence-corrected chi connectivity index (χ0v) is 10.9. The lowest BCUT2D eigenvalue weighted by Crippen LogP contribution is -2.19. The largest absolute Gasteiger partial charge is 0.399 e. The number of benzene rings is 1. The Labute approximate surface area is 109 Å². The van der Waals surface area contributed by atoms with E-state index in [1.54, 1.807) is 0 Å². The molecule has 2 aliphatic heterocycles. The highest BCUT2D eigenvalue weighted by atomic mass is 16.5. The SMILES string of the molecule is Nc1ccc2c(c1)CN(CCCC1CCCO1)C2. The molecular weight excluding hydrogens is 224 g/mol. The number of nitrogens with zero attached hydrogens (tertiary/aromatic N) is 1. The average molecular weight is 246 g/mol. The van der Waals surface area contributed by atoms with Crippen LogP contribution in [0.3, 0.4) is 0 Å². The molecule has 1 saturated heterocycles. The number of fused-ring (bicyclic) bond motifs is 1. The zero-order valence-electron chi connectivity index (χ0n) is 10.9. The first kappa shape index (κ1) is 12.0. The summed E-state index contributed by atoms with van der Waals surface area (Å²) in [7, 11) is 0. The molecule has 0 aliphatic carbocycles. The molecule has 0 aromatic heterocycles. The molecule has 0 amide bonds. The van der Waals surface area contributed by atoms with E-state index in [0.717, 1.165) is 25.4 Å². The number of hydrogen-bond acceptors (Lipinski definition) is 3. The van der Waals surface area contributed by atoms with Gasteiger partial charge in [0.25, 0.3) is 0 Å². The predicted molar refractivity (Wildman–Crippen MR) is 73.2 cm³/mol. The summed E-state index contributed by atoms with van der Waals surface area (Å²) in [6, 6.07) is 6.30. The molecule has 3 nitrogen and oxygen atoms in total. The van der Waals surface area contributed by atoms with Crippen molar-refractivity contribution in [1.29, 1.82) is 0 Å². The molecule has 18 heavy (non-hydrogen) atoms. The first-order valence-electron chi connectivity index (χ1n) is 7.02. The van der Waals surface area contributed by atoms with Crippen molar-refractivity contribution in [2.75, 3.05) is 18.9 Å². The van der Waals surface area contributed by atoms with Crippen LogP contribution < -0.4 is 5.73 Å². The van der Waals surface area contributed by atoms with Gasteiger partial charge in [0.15, 0.2) is 0 Å². The molecule has 1 aromatic rings. The molecule has 3 heteroatoms. The van der Waals surface area contributed by atoms with E-state index in [0.29, 0.717) is 6.10 Å². The maximum absolute atomic E-state index is 5.82. The Morgan fingerprint density at radius 1 is 1.28 bits per heavy atom. The van der Waals surface area contributed by atoms with Gasteiger partial charge in [0.05, 0.1) is 6.10 Å². The smallest absolute Gasteiger partial charge is 0.0576 e. The second-order valence-electron chi connectivity index (χ2n) is 5.52. The van der Waals surface area contributed by atoms with Crippen LogP contribution in [0.4, 0.5) is 5.69 Å². The molecule has 98 valence electrons. The molecule has 1 aromatic carbocycles. The van der Waals surface area contributed by atoms with Crippen molar-refractivity contribution >= 4 is 5.69 Å². The molecule has 2 N–H and O–H groups in total. The number of ether oxygens (including phenoxy) is 1. The van der Waals surface area contributed by atoms with Gasteiger partial charge in [-0.05, 0) is 55.5 Å². The van der Waals surface area contributed by atoms with Crippen LogP contribution in [-0.4, -0.2) is 24.2 Å². The van der Waals surface area contributed by atoms with Crippen LogP contribution in [-0.2, 0) is 17.8 Å². The van der Waals surface area contributed by atoms with Crippen LogP contribution in [0, 0.1) is 0 Å². The molecule has 0 radical (unpaired) electrons. The molecule has 3 rings (SSSR count). The molecule has 2 aliphatic rings. The summed E-state index contributed by atoms with van der Waals surface area (Å²) in [6.45, 7) is 4.29. The highest BCUT2D eigenvalue weighted by Gasteiger charge is 2.20. The van der Waals surface area contributed by atoms with Crippen LogP contribution in [0.5, 0.6) is 0 Å². The standard InChI is InChI=1S/C15H22N2O/c16-14-6-5-12-10-17(11-13(12)9-14)7-1-3-15-4-2-8-18-15/h5-6,9,15H,1-4,7-8,10-11,16H2. The van der Waals surface area contributed by atoms with Gasteiger partial charge in [0.1, 0.15) is 0 Å². The Hall–Kier alpha value is -1.06. The van der Waals surface area contributed by atoms with Gasteiger partial charge in [0.2, 0.25) is 0 Å². The summed E-state index contributed by atoms with van der Waals surface area (Å²) >= 11 is 0. The van der Waals surface area contributed by atoms with Gasteiger partial charge < -0.3 is 10.5 Å². The maximum Gasteiger partial charge on any atom is 0.0576 e. The second-order valence-corrected chi connectivity index (χ2v) is 5.52. The first-order valence-corrected chi connectivity index (χ1v) is 7.02. The van der Waals surface area contributed by atoms with Crippen molar-refractivity contribution < 1.29 is 4.74 Å². The highest BCUT2D eigenvalue weighted by molar-refractivity contribution is 5.46. The Morgan fingerprint density at radius 2 is 2.17 bits per heavy atom. The van der Waals surface area contributed by atoms with Gasteiger partial charge >= 0.3 is 0 Å². The Bertz CT molecular complexity index is 413. The molecular formula is C15H22N2O. The van der Waals surface area contributed by atoms with E-state index in [1.165, 1.54) is 43.4 Å². The van der Waals surface area contributed by atoms with E-state index >= 15 is 0 Å². The number of hydrogen-bond donors (Lipinski definition) is 1. The lowest BCUT2D eigenvalue weighted by atomic mass is 10.1. The van der Waals surface area contributed by atoms with Crippen molar-refractivity contribution in [3.8, 4) is 0 Å². The Morgan fingerprint density at radius 3 is 3.00 bits per heavy atom. The van der Waals surface area contributed by atoms with Crippen molar-refractivity contribution in [1.82, 2.24) is 4.90 Å². The van der Waals surface area contributed by atoms with Gasteiger partial charge in [-0.1, -0.05) is 6.07 Å². The minimum Gasteiger partial charge on any atom is -0.399 e. The van der Waals surface area contributed by atoms with Gasteiger partial charge in [-0.15, -0.1) is 0 Å². The molecule has 1 unspecified atom stereocenters. The van der Waals surface area contributed by atoms with Crippen molar-refractivity contribution in [3.05, 3.63) is 29.3 Å². The second kappa shape index (κ2) is 5.29. The predicted octanol–water partition coefficient (Wildman–Crippen LogP) is 2.54. The van der Waals surface area contributed by atoms with E-state index in [1.807, 2.05) is 6.07 Å². The fraction of sp³-hybridized carbons (Fsp3) is 0.600. The molecule has 0 spiro atoms. The van der Waals surface area contributed by atoms with Gasteiger partial charge in [-0.3, -0.25) is 4.90 Å². The van der Waals surface area contributed by atoms with Crippen LogP contribution in [0.15, 0.2) is 18.2 Å². The third kappa shape index (κ3) is 2.68. The van der Waals surface area contributed by atoms with Gasteiger partial charge in [0, 0.05) is 25.4 Å². The third-order valence-corrected chi connectivity index (χ3v) is 4.04. The molecule has 0 saturated carbocycles. The summed E-state index contributed by atoms with van der Waals surface area (Å²) in [6.07, 6.45) is 5.50. The summed E-state index contributed by atoms with van der Waals surface area (Å²) < 4.78 is 5.66. The van der Waals surface area contributed by atoms with E-state index in [-0.39, 0.29) is 0 Å². The summed E-state index contributed by atoms with van der Waals surface area (Å²) in [5.41, 5.74) is 9.56. The van der Waals surface area contributed by atoms with E-state index in [2.05, 4.69) is 17.0 Å². The molecule has 1 atom stereocenters. The monoisotopic (exact) mass is 246 g/mol. The summed E-state index contributed by atoms with van der Waals surface area (Å²) in [4.78, 5) is 2.51. The van der Waals surface area contributed by atoms with Crippen molar-refractivity contribution in [2.24, 2.45) is 0 Å². The highest BCUT2D eigenvalue weighted by Crippen LogP contribution is 2.25. The van der Waals surface area contributed by atoms with Crippen LogP contribution in [0.1, 0.15) is 36.8 Å². The normalized spacial score (nSPS) is 23.4. The summed E-state index contributed by atoms with van der Waals surface area (Å²) in [5, 5.41) is 0. The first-order chi connectivity index (χ1) is 8.81. The quantitative estimate of drug-likeness (QED) is 0.830. The lowest BCUT2D eigenvalue weighted by Gasteiger charge is -2.16.